The average Bonchev–Trinajstić information content (AvgIpc) is 2.79. The molecule has 0 saturated heterocycles. The van der Waals surface area contributed by atoms with Crippen molar-refractivity contribution in [2.75, 3.05) is 19.5 Å². The molecular weight excluding hydrogens is 400 g/mol. The van der Waals surface area contributed by atoms with Crippen molar-refractivity contribution in [3.8, 4) is 22.8 Å². The van der Waals surface area contributed by atoms with Gasteiger partial charge >= 0.3 is 0 Å². The van der Waals surface area contributed by atoms with E-state index in [2.05, 4.69) is 11.4 Å². The van der Waals surface area contributed by atoms with Gasteiger partial charge in [0.2, 0.25) is 0 Å². The fraction of sp³-hybridized carbons (Fsp3) is 0.185. The summed E-state index contributed by atoms with van der Waals surface area (Å²) in [5.74, 6) is 1.19. The van der Waals surface area contributed by atoms with Gasteiger partial charge in [0.25, 0.3) is 5.91 Å². The van der Waals surface area contributed by atoms with Gasteiger partial charge in [-0.3, -0.25) is 4.79 Å². The lowest BCUT2D eigenvalue weighted by atomic mass is 9.94. The number of rotatable bonds is 5. The minimum atomic E-state index is -0.195. The maximum absolute atomic E-state index is 13.6. The Balaban J connectivity index is 1.93. The van der Waals surface area contributed by atoms with E-state index in [9.17, 15) is 4.79 Å². The number of aryl methyl sites for hydroxylation is 2. The number of fused-ring (bicyclic) bond motifs is 1. The van der Waals surface area contributed by atoms with Gasteiger partial charge in [-0.05, 0) is 74.4 Å². The summed E-state index contributed by atoms with van der Waals surface area (Å²) in [6.45, 7) is 6.00. The second-order valence-electron chi connectivity index (χ2n) is 7.82. The van der Waals surface area contributed by atoms with E-state index in [4.69, 9.17) is 14.5 Å². The highest BCUT2D eigenvalue weighted by atomic mass is 16.5. The number of hydrogen-bond acceptors (Lipinski definition) is 4. The number of carbonyl (C=O) groups excluding carboxylic acids is 1. The van der Waals surface area contributed by atoms with E-state index < -0.39 is 0 Å². The first kappa shape index (κ1) is 21.4. The second kappa shape index (κ2) is 8.71. The first-order chi connectivity index (χ1) is 15.4. The van der Waals surface area contributed by atoms with Crippen molar-refractivity contribution in [3.63, 3.8) is 0 Å². The lowest BCUT2D eigenvalue weighted by Gasteiger charge is -2.17. The number of benzene rings is 3. The number of ether oxygens (including phenoxy) is 2. The topological polar surface area (TPSA) is 60.5 Å². The van der Waals surface area contributed by atoms with Crippen molar-refractivity contribution in [2.24, 2.45) is 0 Å². The molecule has 0 fully saturated rings. The summed E-state index contributed by atoms with van der Waals surface area (Å²) >= 11 is 0. The molecular formula is C27H26N2O3. The highest BCUT2D eigenvalue weighted by Gasteiger charge is 2.21. The van der Waals surface area contributed by atoms with Crippen LogP contribution in [0.4, 0.5) is 5.69 Å². The molecule has 1 aromatic heterocycles. The van der Waals surface area contributed by atoms with E-state index in [0.717, 1.165) is 44.6 Å². The van der Waals surface area contributed by atoms with Gasteiger partial charge in [0.15, 0.2) is 0 Å². The summed E-state index contributed by atoms with van der Waals surface area (Å²) in [6.07, 6.45) is 0. The van der Waals surface area contributed by atoms with Crippen LogP contribution in [0.3, 0.4) is 0 Å². The van der Waals surface area contributed by atoms with Crippen LogP contribution in [-0.2, 0) is 0 Å². The molecule has 3 aromatic carbocycles. The number of carbonyl (C=O) groups is 1. The third kappa shape index (κ3) is 3.89. The van der Waals surface area contributed by atoms with Gasteiger partial charge in [-0.1, -0.05) is 23.8 Å². The zero-order valence-electron chi connectivity index (χ0n) is 18.9. The minimum absolute atomic E-state index is 0.195. The predicted molar refractivity (Wildman–Crippen MR) is 129 cm³/mol. The molecule has 5 heteroatoms. The van der Waals surface area contributed by atoms with Gasteiger partial charge in [0, 0.05) is 10.9 Å². The third-order valence-electron chi connectivity index (χ3n) is 5.61. The van der Waals surface area contributed by atoms with Gasteiger partial charge in [0.05, 0.1) is 36.7 Å². The Morgan fingerprint density at radius 1 is 0.906 bits per heavy atom. The van der Waals surface area contributed by atoms with Crippen molar-refractivity contribution < 1.29 is 14.3 Å². The van der Waals surface area contributed by atoms with E-state index in [1.54, 1.807) is 14.2 Å². The molecule has 0 aliphatic carbocycles. The lowest BCUT2D eigenvalue weighted by molar-refractivity contribution is 0.102. The molecule has 1 amide bonds. The van der Waals surface area contributed by atoms with Crippen molar-refractivity contribution >= 4 is 22.5 Å². The van der Waals surface area contributed by atoms with Crippen LogP contribution < -0.4 is 14.8 Å². The second-order valence-corrected chi connectivity index (χ2v) is 7.82. The maximum Gasteiger partial charge on any atom is 0.256 e. The highest BCUT2D eigenvalue weighted by molar-refractivity contribution is 6.15. The predicted octanol–water partition coefficient (Wildman–Crippen LogP) is 6.10. The fourth-order valence-corrected chi connectivity index (χ4v) is 4.07. The Morgan fingerprint density at radius 2 is 1.62 bits per heavy atom. The van der Waals surface area contributed by atoms with E-state index in [0.29, 0.717) is 17.0 Å². The summed E-state index contributed by atoms with van der Waals surface area (Å²) in [6, 6.07) is 19.2. The van der Waals surface area contributed by atoms with Gasteiger partial charge in [0.1, 0.15) is 11.5 Å². The summed E-state index contributed by atoms with van der Waals surface area (Å²) < 4.78 is 10.7. The normalized spacial score (nSPS) is 10.8. The highest BCUT2D eigenvalue weighted by Crippen LogP contribution is 2.34. The van der Waals surface area contributed by atoms with E-state index in [1.807, 2.05) is 75.4 Å². The number of aromatic nitrogens is 1. The van der Waals surface area contributed by atoms with E-state index >= 15 is 0 Å². The van der Waals surface area contributed by atoms with Gasteiger partial charge in [-0.25, -0.2) is 4.98 Å². The molecule has 0 atom stereocenters. The monoisotopic (exact) mass is 426 g/mol. The molecule has 0 saturated carbocycles. The van der Waals surface area contributed by atoms with E-state index in [-0.39, 0.29) is 5.91 Å². The Labute approximate surface area is 188 Å². The van der Waals surface area contributed by atoms with Crippen LogP contribution in [0.5, 0.6) is 11.5 Å². The number of anilines is 1. The Morgan fingerprint density at radius 3 is 2.31 bits per heavy atom. The molecule has 0 spiro atoms. The van der Waals surface area contributed by atoms with Gasteiger partial charge in [-0.2, -0.15) is 0 Å². The zero-order valence-corrected chi connectivity index (χ0v) is 18.9. The maximum atomic E-state index is 13.6. The number of nitrogens with one attached hydrogen (secondary N) is 1. The number of para-hydroxylation sites is 2. The van der Waals surface area contributed by atoms with Crippen LogP contribution in [0.2, 0.25) is 0 Å². The number of amides is 1. The molecule has 0 aliphatic rings. The van der Waals surface area contributed by atoms with Crippen LogP contribution in [0.1, 0.15) is 27.0 Å². The molecule has 0 bridgehead atoms. The minimum Gasteiger partial charge on any atom is -0.497 e. The third-order valence-corrected chi connectivity index (χ3v) is 5.61. The lowest BCUT2D eigenvalue weighted by Crippen LogP contribution is -2.16. The average molecular weight is 427 g/mol. The molecule has 5 nitrogen and oxygen atoms in total. The van der Waals surface area contributed by atoms with Crippen molar-refractivity contribution in [3.05, 3.63) is 82.9 Å². The summed E-state index contributed by atoms with van der Waals surface area (Å²) in [7, 11) is 3.23. The van der Waals surface area contributed by atoms with Crippen LogP contribution in [0.25, 0.3) is 22.2 Å². The Bertz CT molecular complexity index is 1310. The largest absolute Gasteiger partial charge is 0.497 e. The quantitative estimate of drug-likeness (QED) is 0.419. The molecule has 4 rings (SSSR count). The standard InChI is InChI=1S/C27H26N2O3/c1-16-14-17(2)25-21(15-16)24(27(30)28-22-8-6-7-9-23(22)32-5)18(3)26(29-25)19-10-12-20(31-4)13-11-19/h6-15H,1-5H3,(H,28,30). The number of pyridine rings is 1. The zero-order chi connectivity index (χ0) is 22.8. The van der Waals surface area contributed by atoms with E-state index in [1.165, 1.54) is 0 Å². The number of hydrogen-bond donors (Lipinski definition) is 1. The number of methoxy groups -OCH3 is 2. The van der Waals surface area contributed by atoms with Crippen molar-refractivity contribution in [2.45, 2.75) is 20.8 Å². The molecule has 4 aromatic rings. The molecule has 1 N–H and O–H groups in total. The van der Waals surface area contributed by atoms with Gasteiger partial charge < -0.3 is 14.8 Å². The molecule has 0 aliphatic heterocycles. The first-order valence-electron chi connectivity index (χ1n) is 10.4. The molecule has 1 heterocycles. The molecule has 0 unspecified atom stereocenters. The van der Waals surface area contributed by atoms with Crippen molar-refractivity contribution in [1.82, 2.24) is 4.98 Å². The Hall–Kier alpha value is -3.86. The van der Waals surface area contributed by atoms with Crippen molar-refractivity contribution in [1.29, 1.82) is 0 Å². The van der Waals surface area contributed by atoms with Crippen LogP contribution in [0.15, 0.2) is 60.7 Å². The summed E-state index contributed by atoms with van der Waals surface area (Å²) in [4.78, 5) is 18.6. The summed E-state index contributed by atoms with van der Waals surface area (Å²) in [5, 5.41) is 3.87. The fourth-order valence-electron chi connectivity index (χ4n) is 4.07. The Kier molecular flexibility index (Phi) is 5.82. The van der Waals surface area contributed by atoms with Crippen LogP contribution in [0, 0.1) is 20.8 Å². The SMILES string of the molecule is COc1ccc(-c2nc3c(C)cc(C)cc3c(C(=O)Nc3ccccc3OC)c2C)cc1. The molecule has 32 heavy (non-hydrogen) atoms. The van der Waals surface area contributed by atoms with Crippen LogP contribution in [-0.4, -0.2) is 25.1 Å². The summed E-state index contributed by atoms with van der Waals surface area (Å²) in [5.41, 5.74) is 6.69. The smallest absolute Gasteiger partial charge is 0.256 e. The van der Waals surface area contributed by atoms with Crippen LogP contribution >= 0.6 is 0 Å². The number of nitrogens with zero attached hydrogens (tertiary/aromatic N) is 1. The van der Waals surface area contributed by atoms with Gasteiger partial charge in [-0.15, -0.1) is 0 Å². The molecule has 162 valence electrons. The first-order valence-corrected chi connectivity index (χ1v) is 10.4. The molecule has 0 radical (unpaired) electrons.